The minimum Gasteiger partial charge on any atom is -0.486 e. The molecule has 0 saturated carbocycles. The van der Waals surface area contributed by atoms with Crippen LogP contribution in [0, 0.1) is 11.3 Å². The molecule has 192 valence electrons. The molecule has 0 aliphatic heterocycles. The van der Waals surface area contributed by atoms with Crippen molar-refractivity contribution in [2.24, 2.45) is 0 Å². The van der Waals surface area contributed by atoms with Crippen LogP contribution in [0.25, 0.3) is 21.8 Å². The summed E-state index contributed by atoms with van der Waals surface area (Å²) in [5.74, 6) is -0.776. The number of imidazole rings is 1. The molecule has 37 heavy (non-hydrogen) atoms. The molecule has 0 saturated heterocycles. The van der Waals surface area contributed by atoms with Gasteiger partial charge in [-0.2, -0.15) is 23.5 Å². The zero-order valence-corrected chi connectivity index (χ0v) is 18.8. The van der Waals surface area contributed by atoms with Crippen molar-refractivity contribution >= 4 is 27.7 Å². The summed E-state index contributed by atoms with van der Waals surface area (Å²) >= 11 is 0. The van der Waals surface area contributed by atoms with Crippen molar-refractivity contribution < 1.29 is 31.5 Å². The van der Waals surface area contributed by atoms with Crippen molar-refractivity contribution in [1.82, 2.24) is 25.1 Å². The van der Waals surface area contributed by atoms with Gasteiger partial charge < -0.3 is 15.0 Å². The fraction of sp³-hybridized carbons (Fsp3) is 0.261. The molecule has 2 heterocycles. The van der Waals surface area contributed by atoms with Gasteiger partial charge in [0.1, 0.15) is 37.3 Å². The van der Waals surface area contributed by atoms with Crippen LogP contribution in [0.5, 0.6) is 5.75 Å². The van der Waals surface area contributed by atoms with Crippen molar-refractivity contribution in [2.45, 2.75) is 25.6 Å². The number of aromatic nitrogens is 4. The fourth-order valence-electron chi connectivity index (χ4n) is 3.63. The van der Waals surface area contributed by atoms with Crippen molar-refractivity contribution in [3.63, 3.8) is 0 Å². The van der Waals surface area contributed by atoms with E-state index in [4.69, 9.17) is 4.74 Å². The number of aromatic amines is 1. The Balaban J connectivity index is 1.68. The molecule has 9 nitrogen and oxygen atoms in total. The van der Waals surface area contributed by atoms with E-state index in [1.54, 1.807) is 23.5 Å². The fourth-order valence-corrected chi connectivity index (χ4v) is 3.63. The summed E-state index contributed by atoms with van der Waals surface area (Å²) in [5.41, 5.74) is 0.394. The highest BCUT2D eigenvalue weighted by atomic mass is 19.4. The molecular formula is C23H17F5N6O3. The Morgan fingerprint density at radius 3 is 2.62 bits per heavy atom. The van der Waals surface area contributed by atoms with Crippen molar-refractivity contribution in [1.29, 1.82) is 5.26 Å². The highest BCUT2D eigenvalue weighted by molar-refractivity contribution is 5.85. The molecule has 4 aromatic rings. The van der Waals surface area contributed by atoms with Crippen LogP contribution < -0.4 is 15.6 Å². The number of hydrogen-bond donors (Lipinski definition) is 2. The number of rotatable bonds is 8. The number of hydrogen-bond acceptors (Lipinski definition) is 6. The number of carbonyl (C=O) groups excluding carboxylic acids is 1. The molecular weight excluding hydrogens is 503 g/mol. The van der Waals surface area contributed by atoms with Crippen LogP contribution in [0.4, 0.5) is 22.0 Å². The number of ether oxygens (including phenoxy) is 1. The maximum atomic E-state index is 12.8. The van der Waals surface area contributed by atoms with Gasteiger partial charge in [-0.25, -0.2) is 18.4 Å². The second-order valence-electron chi connectivity index (χ2n) is 7.89. The highest BCUT2D eigenvalue weighted by Gasteiger charge is 2.28. The van der Waals surface area contributed by atoms with Crippen LogP contribution in [0.15, 0.2) is 41.2 Å². The molecule has 0 aliphatic rings. The van der Waals surface area contributed by atoms with Gasteiger partial charge in [-0.1, -0.05) is 18.2 Å². The Bertz CT molecular complexity index is 1570. The van der Waals surface area contributed by atoms with Gasteiger partial charge in [-0.15, -0.1) is 0 Å². The molecule has 2 aromatic heterocycles. The standard InChI is InChI=1S/C23H17F5N6O3/c24-19(25)10-37-18-6-17-16(5-12(18)8-29)31-20(32-17)7-15-13-3-1-2-4-14(13)22(36)34(33-15)9-21(35)30-11-23(26,27)28/h1-6,19H,7,9-11H2,(H,30,35)(H,31,32). The zero-order valence-electron chi connectivity index (χ0n) is 18.8. The smallest absolute Gasteiger partial charge is 0.405 e. The minimum absolute atomic E-state index is 0.00869. The Kier molecular flexibility index (Phi) is 7.05. The first-order chi connectivity index (χ1) is 17.5. The van der Waals surface area contributed by atoms with E-state index in [0.29, 0.717) is 27.9 Å². The van der Waals surface area contributed by atoms with Gasteiger partial charge in [0, 0.05) is 11.5 Å². The third-order valence-corrected chi connectivity index (χ3v) is 5.18. The Morgan fingerprint density at radius 1 is 1.22 bits per heavy atom. The van der Waals surface area contributed by atoms with E-state index in [1.165, 1.54) is 18.2 Å². The lowest BCUT2D eigenvalue weighted by atomic mass is 10.1. The van der Waals surface area contributed by atoms with E-state index in [2.05, 4.69) is 15.1 Å². The number of nitrogens with zero attached hydrogens (tertiary/aromatic N) is 4. The lowest BCUT2D eigenvalue weighted by molar-refractivity contribution is -0.138. The topological polar surface area (TPSA) is 126 Å². The summed E-state index contributed by atoms with van der Waals surface area (Å²) in [6, 6.07) is 11.0. The Labute approximate surface area is 204 Å². The molecule has 0 unspecified atom stereocenters. The summed E-state index contributed by atoms with van der Waals surface area (Å²) in [6.07, 6.45) is -7.34. The molecule has 0 radical (unpaired) electrons. The molecule has 0 aliphatic carbocycles. The van der Waals surface area contributed by atoms with Gasteiger partial charge in [-0.3, -0.25) is 9.59 Å². The van der Waals surface area contributed by atoms with Gasteiger partial charge in [0.15, 0.2) is 0 Å². The molecule has 0 bridgehead atoms. The maximum Gasteiger partial charge on any atom is 0.405 e. The van der Waals surface area contributed by atoms with Crippen molar-refractivity contribution in [3.05, 3.63) is 63.8 Å². The molecule has 0 fully saturated rings. The van der Waals surface area contributed by atoms with E-state index in [9.17, 15) is 36.8 Å². The number of carbonyl (C=O) groups is 1. The highest BCUT2D eigenvalue weighted by Crippen LogP contribution is 2.26. The second-order valence-corrected chi connectivity index (χ2v) is 7.89. The number of nitriles is 1. The zero-order chi connectivity index (χ0) is 26.7. The molecule has 4 rings (SSSR count). The molecule has 2 aromatic carbocycles. The minimum atomic E-state index is -4.61. The van der Waals surface area contributed by atoms with Gasteiger partial charge in [0.25, 0.3) is 12.0 Å². The molecule has 0 spiro atoms. The third kappa shape index (κ3) is 6.00. The van der Waals surface area contributed by atoms with Gasteiger partial charge >= 0.3 is 6.18 Å². The Morgan fingerprint density at radius 2 is 1.95 bits per heavy atom. The number of halogens is 5. The Hall–Kier alpha value is -4.54. The van der Waals surface area contributed by atoms with Crippen molar-refractivity contribution in [2.75, 3.05) is 13.2 Å². The molecule has 14 heteroatoms. The normalized spacial score (nSPS) is 11.7. The van der Waals surface area contributed by atoms with Gasteiger partial charge in [-0.05, 0) is 12.1 Å². The van der Waals surface area contributed by atoms with Crippen LogP contribution >= 0.6 is 0 Å². The van der Waals surface area contributed by atoms with Gasteiger partial charge in [0.05, 0.1) is 34.1 Å². The predicted octanol–water partition coefficient (Wildman–Crippen LogP) is 3.06. The predicted molar refractivity (Wildman–Crippen MR) is 120 cm³/mol. The number of alkyl halides is 5. The first-order valence-electron chi connectivity index (χ1n) is 10.7. The third-order valence-electron chi connectivity index (χ3n) is 5.18. The van der Waals surface area contributed by atoms with E-state index in [0.717, 1.165) is 4.68 Å². The van der Waals surface area contributed by atoms with Crippen LogP contribution in [0.3, 0.4) is 0 Å². The first kappa shape index (κ1) is 25.5. The van der Waals surface area contributed by atoms with Crippen LogP contribution in [-0.2, 0) is 17.8 Å². The summed E-state index contributed by atoms with van der Waals surface area (Å²) in [4.78, 5) is 32.2. The van der Waals surface area contributed by atoms with Crippen LogP contribution in [0.2, 0.25) is 0 Å². The molecule has 2 N–H and O–H groups in total. The summed E-state index contributed by atoms with van der Waals surface area (Å²) in [5, 5.41) is 15.9. The van der Waals surface area contributed by atoms with E-state index in [1.807, 2.05) is 6.07 Å². The molecule has 1 amide bonds. The van der Waals surface area contributed by atoms with E-state index in [-0.39, 0.29) is 23.1 Å². The summed E-state index contributed by atoms with van der Waals surface area (Å²) in [6.45, 7) is -3.18. The lowest BCUT2D eigenvalue weighted by Gasteiger charge is -2.11. The number of amides is 1. The SMILES string of the molecule is N#Cc1cc2[nH]c(Cc3nn(CC(=O)NCC(F)(F)F)c(=O)c4ccccc34)nc2cc1OCC(F)F. The maximum absolute atomic E-state index is 12.8. The average molecular weight is 520 g/mol. The van der Waals surface area contributed by atoms with Gasteiger partial charge in [0.2, 0.25) is 5.91 Å². The molecule has 0 atom stereocenters. The lowest BCUT2D eigenvalue weighted by Crippen LogP contribution is -2.38. The second kappa shape index (κ2) is 10.2. The quantitative estimate of drug-likeness (QED) is 0.344. The summed E-state index contributed by atoms with van der Waals surface area (Å²) in [7, 11) is 0. The van der Waals surface area contributed by atoms with Crippen LogP contribution in [-0.4, -0.2) is 51.4 Å². The van der Waals surface area contributed by atoms with Crippen molar-refractivity contribution in [3.8, 4) is 11.8 Å². The largest absolute Gasteiger partial charge is 0.486 e. The van der Waals surface area contributed by atoms with Crippen LogP contribution in [0.1, 0.15) is 17.1 Å². The number of benzene rings is 2. The monoisotopic (exact) mass is 520 g/mol. The number of nitrogens with one attached hydrogen (secondary N) is 2. The van der Waals surface area contributed by atoms with E-state index < -0.39 is 43.8 Å². The first-order valence-corrected chi connectivity index (χ1v) is 10.7. The summed E-state index contributed by atoms with van der Waals surface area (Å²) < 4.78 is 68.1. The average Bonchev–Trinajstić information content (AvgIpc) is 3.24. The number of fused-ring (bicyclic) bond motifs is 2. The number of H-pyrrole nitrogens is 1. The van der Waals surface area contributed by atoms with E-state index >= 15 is 0 Å².